The van der Waals surface area contributed by atoms with Gasteiger partial charge >= 0.3 is 5.97 Å². The Morgan fingerprint density at radius 3 is 2.38 bits per heavy atom. The Morgan fingerprint density at radius 2 is 1.95 bits per heavy atom. The first kappa shape index (κ1) is 16.6. The van der Waals surface area contributed by atoms with Crippen molar-refractivity contribution in [2.75, 3.05) is 0 Å². The van der Waals surface area contributed by atoms with Gasteiger partial charge in [0.1, 0.15) is 11.7 Å². The molecule has 0 spiro atoms. The third-order valence-electron chi connectivity index (χ3n) is 2.82. The van der Waals surface area contributed by atoms with E-state index < -0.39 is 12.0 Å². The maximum absolute atomic E-state index is 12.0. The summed E-state index contributed by atoms with van der Waals surface area (Å²) in [5.41, 5.74) is 0.627. The molecule has 1 aromatic rings. The molecule has 0 saturated carbocycles. The van der Waals surface area contributed by atoms with Gasteiger partial charge < -0.3 is 15.7 Å². The first-order chi connectivity index (χ1) is 9.81. The van der Waals surface area contributed by atoms with Crippen LogP contribution in [0.25, 0.3) is 0 Å². The third kappa shape index (κ3) is 5.21. The SMILES string of the molecule is CC(=O)NC(C(=O)NCc1ccc(C(=O)O)nc1)C(C)C. The number of carboxylic acids is 1. The third-order valence-corrected chi connectivity index (χ3v) is 2.82. The molecule has 7 heteroatoms. The standard InChI is InChI=1S/C14H19N3O4/c1-8(2)12(17-9(3)18)13(19)16-7-10-4-5-11(14(20)21)15-6-10/h4-6,8,12H,7H2,1-3H3,(H,16,19)(H,17,18)(H,20,21). The molecule has 7 nitrogen and oxygen atoms in total. The van der Waals surface area contributed by atoms with Crippen LogP contribution in [-0.4, -0.2) is 33.9 Å². The average Bonchev–Trinajstić information content (AvgIpc) is 2.42. The number of rotatable bonds is 6. The fourth-order valence-electron chi connectivity index (χ4n) is 1.71. The van der Waals surface area contributed by atoms with Crippen LogP contribution in [0.1, 0.15) is 36.8 Å². The van der Waals surface area contributed by atoms with Gasteiger partial charge in [0.2, 0.25) is 11.8 Å². The van der Waals surface area contributed by atoms with Crippen LogP contribution in [0, 0.1) is 5.92 Å². The van der Waals surface area contributed by atoms with Gasteiger partial charge in [0.25, 0.3) is 0 Å². The van der Waals surface area contributed by atoms with E-state index in [9.17, 15) is 14.4 Å². The summed E-state index contributed by atoms with van der Waals surface area (Å²) in [6, 6.07) is 2.35. The summed E-state index contributed by atoms with van der Waals surface area (Å²) in [7, 11) is 0. The van der Waals surface area contributed by atoms with Crippen LogP contribution in [0.5, 0.6) is 0 Å². The van der Waals surface area contributed by atoms with E-state index in [0.717, 1.165) is 0 Å². The van der Waals surface area contributed by atoms with E-state index in [0.29, 0.717) is 5.56 Å². The number of hydrogen-bond donors (Lipinski definition) is 3. The number of pyridine rings is 1. The number of carboxylic acid groups (broad SMARTS) is 1. The highest BCUT2D eigenvalue weighted by Gasteiger charge is 2.22. The number of nitrogens with one attached hydrogen (secondary N) is 2. The summed E-state index contributed by atoms with van der Waals surface area (Å²) in [4.78, 5) is 37.5. The molecule has 0 radical (unpaired) electrons. The van der Waals surface area contributed by atoms with Gasteiger partial charge in [-0.1, -0.05) is 19.9 Å². The van der Waals surface area contributed by atoms with Crippen molar-refractivity contribution in [2.24, 2.45) is 5.92 Å². The Bertz CT molecular complexity index is 526. The van der Waals surface area contributed by atoms with E-state index in [4.69, 9.17) is 5.11 Å². The van der Waals surface area contributed by atoms with E-state index in [2.05, 4.69) is 15.6 Å². The Balaban J connectivity index is 2.62. The van der Waals surface area contributed by atoms with Gasteiger partial charge in [-0.3, -0.25) is 9.59 Å². The zero-order valence-corrected chi connectivity index (χ0v) is 12.2. The Labute approximate surface area is 122 Å². The minimum absolute atomic E-state index is 0.0404. The monoisotopic (exact) mass is 293 g/mol. The first-order valence-corrected chi connectivity index (χ1v) is 6.54. The highest BCUT2D eigenvalue weighted by molar-refractivity contribution is 5.87. The normalized spacial score (nSPS) is 11.8. The van der Waals surface area contributed by atoms with Crippen molar-refractivity contribution in [1.29, 1.82) is 0 Å². The van der Waals surface area contributed by atoms with Crippen LogP contribution in [0.15, 0.2) is 18.3 Å². The highest BCUT2D eigenvalue weighted by Crippen LogP contribution is 2.04. The lowest BCUT2D eigenvalue weighted by atomic mass is 10.0. The topological polar surface area (TPSA) is 108 Å². The van der Waals surface area contributed by atoms with Crippen molar-refractivity contribution < 1.29 is 19.5 Å². The molecule has 21 heavy (non-hydrogen) atoms. The zero-order chi connectivity index (χ0) is 16.0. The molecule has 1 heterocycles. The van der Waals surface area contributed by atoms with Crippen molar-refractivity contribution in [3.63, 3.8) is 0 Å². The molecule has 1 atom stereocenters. The van der Waals surface area contributed by atoms with Crippen molar-refractivity contribution >= 4 is 17.8 Å². The van der Waals surface area contributed by atoms with Crippen molar-refractivity contribution in [3.8, 4) is 0 Å². The van der Waals surface area contributed by atoms with E-state index in [1.807, 2.05) is 13.8 Å². The summed E-state index contributed by atoms with van der Waals surface area (Å²) < 4.78 is 0. The largest absolute Gasteiger partial charge is 0.477 e. The summed E-state index contributed by atoms with van der Waals surface area (Å²) in [5.74, 6) is -1.70. The molecule has 0 aliphatic heterocycles. The minimum atomic E-state index is -1.10. The molecule has 0 aliphatic rings. The molecule has 3 N–H and O–H groups in total. The summed E-state index contributed by atoms with van der Waals surface area (Å²) >= 11 is 0. The van der Waals surface area contributed by atoms with E-state index in [1.165, 1.54) is 19.2 Å². The molecular weight excluding hydrogens is 274 g/mol. The lowest BCUT2D eigenvalue weighted by molar-refractivity contribution is -0.129. The highest BCUT2D eigenvalue weighted by atomic mass is 16.4. The van der Waals surface area contributed by atoms with Crippen LogP contribution in [-0.2, 0) is 16.1 Å². The van der Waals surface area contributed by atoms with Crippen molar-refractivity contribution in [1.82, 2.24) is 15.6 Å². The maximum atomic E-state index is 12.0. The molecule has 0 saturated heterocycles. The second kappa shape index (κ2) is 7.37. The van der Waals surface area contributed by atoms with Crippen LogP contribution >= 0.6 is 0 Å². The quantitative estimate of drug-likeness (QED) is 0.710. The molecule has 2 amide bonds. The second-order valence-electron chi connectivity index (χ2n) is 5.00. The molecule has 0 bridgehead atoms. The summed E-state index contributed by atoms with van der Waals surface area (Å²) in [5, 5.41) is 14.0. The van der Waals surface area contributed by atoms with Crippen LogP contribution in [0.2, 0.25) is 0 Å². The van der Waals surface area contributed by atoms with Gasteiger partial charge in [0.05, 0.1) is 0 Å². The predicted molar refractivity (Wildman–Crippen MR) is 75.5 cm³/mol. The molecule has 1 rings (SSSR count). The van der Waals surface area contributed by atoms with Gasteiger partial charge in [0, 0.05) is 19.7 Å². The van der Waals surface area contributed by atoms with Crippen molar-refractivity contribution in [3.05, 3.63) is 29.6 Å². The predicted octanol–water partition coefficient (Wildman–Crippen LogP) is 0.557. The lowest BCUT2D eigenvalue weighted by Gasteiger charge is -2.20. The Kier molecular flexibility index (Phi) is 5.83. The minimum Gasteiger partial charge on any atom is -0.477 e. The first-order valence-electron chi connectivity index (χ1n) is 6.54. The fourth-order valence-corrected chi connectivity index (χ4v) is 1.71. The number of amides is 2. The van der Waals surface area contributed by atoms with Gasteiger partial charge in [-0.15, -0.1) is 0 Å². The van der Waals surface area contributed by atoms with E-state index >= 15 is 0 Å². The number of hydrogen-bond acceptors (Lipinski definition) is 4. The smallest absolute Gasteiger partial charge is 0.354 e. The van der Waals surface area contributed by atoms with Gasteiger partial charge in [-0.05, 0) is 17.5 Å². The summed E-state index contributed by atoms with van der Waals surface area (Å²) in [6.45, 7) is 5.25. The molecule has 1 unspecified atom stereocenters. The number of aromatic nitrogens is 1. The zero-order valence-electron chi connectivity index (χ0n) is 12.2. The van der Waals surface area contributed by atoms with E-state index in [1.54, 1.807) is 6.07 Å². The fraction of sp³-hybridized carbons (Fsp3) is 0.429. The number of aromatic carboxylic acids is 1. The van der Waals surface area contributed by atoms with Crippen LogP contribution in [0.3, 0.4) is 0 Å². The molecular formula is C14H19N3O4. The molecule has 0 aromatic carbocycles. The lowest BCUT2D eigenvalue weighted by Crippen LogP contribution is -2.48. The van der Waals surface area contributed by atoms with Gasteiger partial charge in [-0.25, -0.2) is 9.78 Å². The Morgan fingerprint density at radius 1 is 1.29 bits per heavy atom. The van der Waals surface area contributed by atoms with E-state index in [-0.39, 0.29) is 30.0 Å². The van der Waals surface area contributed by atoms with Crippen molar-refractivity contribution in [2.45, 2.75) is 33.4 Å². The molecule has 114 valence electrons. The number of carbonyl (C=O) groups is 3. The summed E-state index contributed by atoms with van der Waals surface area (Å²) in [6.07, 6.45) is 1.40. The van der Waals surface area contributed by atoms with Crippen LogP contribution in [0.4, 0.5) is 0 Å². The molecule has 1 aromatic heterocycles. The van der Waals surface area contributed by atoms with Gasteiger partial charge in [-0.2, -0.15) is 0 Å². The average molecular weight is 293 g/mol. The Hall–Kier alpha value is -2.44. The second-order valence-corrected chi connectivity index (χ2v) is 5.00. The number of nitrogens with zero attached hydrogens (tertiary/aromatic N) is 1. The molecule has 0 aliphatic carbocycles. The van der Waals surface area contributed by atoms with Gasteiger partial charge in [0.15, 0.2) is 0 Å². The maximum Gasteiger partial charge on any atom is 0.354 e. The number of carbonyl (C=O) groups excluding carboxylic acids is 2. The molecule has 0 fully saturated rings. The van der Waals surface area contributed by atoms with Crippen LogP contribution < -0.4 is 10.6 Å².